The van der Waals surface area contributed by atoms with E-state index in [1.54, 1.807) is 22.0 Å². The summed E-state index contributed by atoms with van der Waals surface area (Å²) < 4.78 is 12.7. The van der Waals surface area contributed by atoms with E-state index < -0.39 is 35.1 Å². The van der Waals surface area contributed by atoms with E-state index in [0.717, 1.165) is 37.7 Å². The zero-order chi connectivity index (χ0) is 34.9. The van der Waals surface area contributed by atoms with Crippen LogP contribution in [0.25, 0.3) is 0 Å². The van der Waals surface area contributed by atoms with Gasteiger partial charge in [-0.3, -0.25) is 14.4 Å². The molecule has 2 aromatic carbocycles. The zero-order valence-electron chi connectivity index (χ0n) is 29.1. The largest absolute Gasteiger partial charge is 0.494 e. The van der Waals surface area contributed by atoms with Gasteiger partial charge in [-0.2, -0.15) is 0 Å². The minimum Gasteiger partial charge on any atom is -0.494 e. The number of benzene rings is 2. The van der Waals surface area contributed by atoms with Crippen LogP contribution in [0.15, 0.2) is 79.9 Å². The van der Waals surface area contributed by atoms with E-state index in [9.17, 15) is 9.90 Å². The average Bonchev–Trinajstić information content (AvgIpc) is 3.63. The third kappa shape index (κ3) is 5.78. The Morgan fingerprint density at radius 1 is 1.04 bits per heavy atom. The summed E-state index contributed by atoms with van der Waals surface area (Å²) in [5.41, 5.74) is -0.872. The van der Waals surface area contributed by atoms with Gasteiger partial charge in [0.2, 0.25) is 17.7 Å². The van der Waals surface area contributed by atoms with E-state index in [0.29, 0.717) is 31.0 Å². The molecular formula is C40H51N3O6. The Bertz CT molecular complexity index is 1540. The van der Waals surface area contributed by atoms with Crippen molar-refractivity contribution in [3.8, 4) is 5.75 Å². The fourth-order valence-corrected chi connectivity index (χ4v) is 9.31. The third-order valence-electron chi connectivity index (χ3n) is 11.6. The van der Waals surface area contributed by atoms with Crippen LogP contribution in [0.5, 0.6) is 5.75 Å². The number of likely N-dealkylation sites (tertiary alicyclic amines) is 1. The Kier molecular flexibility index (Phi) is 10.1. The number of fused-ring (bicyclic) bond motifs is 1. The normalized spacial score (nSPS) is 29.7. The molecule has 9 heteroatoms. The molecule has 49 heavy (non-hydrogen) atoms. The lowest BCUT2D eigenvalue weighted by molar-refractivity contribution is -0.157. The lowest BCUT2D eigenvalue weighted by atomic mass is 9.62. The number of anilines is 1. The van der Waals surface area contributed by atoms with Crippen LogP contribution < -0.4 is 9.64 Å². The minimum absolute atomic E-state index is 0.0164. The predicted octanol–water partition coefficient (Wildman–Crippen LogP) is 5.70. The molecule has 1 spiro atoms. The molecule has 1 N–H and O–H groups in total. The molecule has 3 amide bonds. The van der Waals surface area contributed by atoms with Crippen molar-refractivity contribution >= 4 is 23.4 Å². The number of rotatable bonds is 13. The van der Waals surface area contributed by atoms with Gasteiger partial charge in [0, 0.05) is 24.8 Å². The summed E-state index contributed by atoms with van der Waals surface area (Å²) in [6.07, 6.45) is 8.82. The van der Waals surface area contributed by atoms with Gasteiger partial charge < -0.3 is 29.3 Å². The highest BCUT2D eigenvalue weighted by atomic mass is 16.5. The van der Waals surface area contributed by atoms with Crippen molar-refractivity contribution in [3.63, 3.8) is 0 Å². The Labute approximate surface area is 290 Å². The molecule has 6 rings (SSSR count). The summed E-state index contributed by atoms with van der Waals surface area (Å²) in [5.74, 6) is -1.99. The van der Waals surface area contributed by atoms with Crippen LogP contribution in [-0.2, 0) is 19.1 Å². The Morgan fingerprint density at radius 2 is 1.71 bits per heavy atom. The summed E-state index contributed by atoms with van der Waals surface area (Å²) in [4.78, 5) is 50.5. The smallest absolute Gasteiger partial charge is 0.248 e. The molecule has 0 radical (unpaired) electrons. The Morgan fingerprint density at radius 3 is 2.33 bits per heavy atom. The van der Waals surface area contributed by atoms with Crippen LogP contribution in [0, 0.1) is 17.8 Å². The van der Waals surface area contributed by atoms with Gasteiger partial charge in [0.15, 0.2) is 0 Å². The van der Waals surface area contributed by atoms with Crippen LogP contribution in [0.2, 0.25) is 0 Å². The highest BCUT2D eigenvalue weighted by Crippen LogP contribution is 2.66. The fraction of sp³-hybridized carbons (Fsp3) is 0.525. The van der Waals surface area contributed by atoms with Crippen molar-refractivity contribution in [1.29, 1.82) is 0 Å². The maximum absolute atomic E-state index is 15.2. The number of nitrogens with zero attached hydrogens (tertiary/aromatic N) is 3. The van der Waals surface area contributed by atoms with Crippen LogP contribution in [0.4, 0.5) is 5.69 Å². The molecule has 1 saturated carbocycles. The third-order valence-corrected chi connectivity index (χ3v) is 11.6. The number of ether oxygens (including phenoxy) is 2. The molecule has 1 aliphatic carbocycles. The molecule has 0 aromatic heterocycles. The summed E-state index contributed by atoms with van der Waals surface area (Å²) in [7, 11) is 0. The second-order valence-corrected chi connectivity index (χ2v) is 14.3. The van der Waals surface area contributed by atoms with E-state index in [2.05, 4.69) is 20.1 Å². The summed E-state index contributed by atoms with van der Waals surface area (Å²) in [5, 5.41) is 11.0. The molecule has 3 saturated heterocycles. The lowest BCUT2D eigenvalue weighted by Crippen LogP contribution is -2.59. The Hall–Kier alpha value is -3.95. The molecule has 4 fully saturated rings. The first-order valence-corrected chi connectivity index (χ1v) is 17.9. The quantitative estimate of drug-likeness (QED) is 0.275. The van der Waals surface area contributed by atoms with Crippen molar-refractivity contribution in [2.45, 2.75) is 88.6 Å². The summed E-state index contributed by atoms with van der Waals surface area (Å²) >= 11 is 0. The number of aliphatic hydroxyl groups is 1. The van der Waals surface area contributed by atoms with Crippen molar-refractivity contribution in [2.75, 3.05) is 31.2 Å². The van der Waals surface area contributed by atoms with Crippen molar-refractivity contribution in [3.05, 3.63) is 85.5 Å². The van der Waals surface area contributed by atoms with Crippen molar-refractivity contribution < 1.29 is 29.0 Å². The van der Waals surface area contributed by atoms with E-state index >= 15 is 9.59 Å². The molecule has 4 aliphatic rings. The molecular weight excluding hydrogens is 618 g/mol. The van der Waals surface area contributed by atoms with E-state index in [4.69, 9.17) is 9.47 Å². The van der Waals surface area contributed by atoms with E-state index in [1.165, 1.54) is 0 Å². The van der Waals surface area contributed by atoms with Crippen LogP contribution in [0.3, 0.4) is 0 Å². The fourth-order valence-electron chi connectivity index (χ4n) is 9.31. The highest BCUT2D eigenvalue weighted by molar-refractivity contribution is 6.03. The highest BCUT2D eigenvalue weighted by Gasteiger charge is 2.80. The summed E-state index contributed by atoms with van der Waals surface area (Å²) in [6.45, 7) is 14.5. The average molecular weight is 670 g/mol. The summed E-state index contributed by atoms with van der Waals surface area (Å²) in [6, 6.07) is 14.9. The molecule has 2 aromatic rings. The first-order chi connectivity index (χ1) is 23.7. The van der Waals surface area contributed by atoms with Gasteiger partial charge >= 0.3 is 0 Å². The van der Waals surface area contributed by atoms with Crippen LogP contribution in [-0.4, -0.2) is 82.2 Å². The number of carbonyl (C=O) groups excluding carboxylic acids is 3. The molecule has 2 bridgehead atoms. The van der Waals surface area contributed by atoms with Crippen molar-refractivity contribution in [1.82, 2.24) is 9.80 Å². The van der Waals surface area contributed by atoms with Gasteiger partial charge in [0.1, 0.15) is 17.4 Å². The maximum Gasteiger partial charge on any atom is 0.248 e. The van der Waals surface area contributed by atoms with Gasteiger partial charge in [0.05, 0.1) is 36.7 Å². The molecule has 7 atom stereocenters. The number of amides is 3. The van der Waals surface area contributed by atoms with Gasteiger partial charge in [0.25, 0.3) is 0 Å². The Balaban J connectivity index is 1.47. The molecule has 262 valence electrons. The van der Waals surface area contributed by atoms with Crippen LogP contribution >= 0.6 is 0 Å². The van der Waals surface area contributed by atoms with Gasteiger partial charge in [-0.15, -0.1) is 13.2 Å². The van der Waals surface area contributed by atoms with Gasteiger partial charge in [-0.25, -0.2) is 0 Å². The number of aliphatic hydroxyl groups excluding tert-OH is 1. The number of hydrogen-bond donors (Lipinski definition) is 1. The van der Waals surface area contributed by atoms with E-state index in [1.807, 2.05) is 73.3 Å². The standard InChI is InChI=1S/C40H51N3O6/c1-6-23-41(30-19-21-31(22-20-30)48-8-3)36(45)33-34-37(46)43(32(26-44)28-15-11-9-12-16-28)35(40(34)25-27(4)39(33,5)49-40)38(47)42(24-7-2)29-17-13-10-14-18-29/h6-7,9,11-12,15-16,19-22,27,29,32-35,44H,1-2,8,10,13-14,17-18,23-26H2,3-5H3/t27?,32-,33+,34+,35?,39-,40?/m1/s1. The van der Waals surface area contributed by atoms with Gasteiger partial charge in [-0.05, 0) is 68.9 Å². The molecule has 9 nitrogen and oxygen atoms in total. The predicted molar refractivity (Wildman–Crippen MR) is 189 cm³/mol. The molecule has 3 unspecified atom stereocenters. The topological polar surface area (TPSA) is 99.6 Å². The molecule has 3 aliphatic heterocycles. The number of carbonyl (C=O) groups is 3. The SMILES string of the molecule is C=CCN(C(=O)[C@@H]1[C@H]2C(=O)N([C@H](CO)c3ccccc3)C(C(=O)N(CC=C)C3CCCCC3)C23CC(C)[C@@]1(C)O3)c1ccc(OCC)cc1. The monoisotopic (exact) mass is 669 g/mol. The number of hydrogen-bond acceptors (Lipinski definition) is 6. The van der Waals surface area contributed by atoms with E-state index in [-0.39, 0.29) is 42.8 Å². The minimum atomic E-state index is -1.25. The van der Waals surface area contributed by atoms with Crippen molar-refractivity contribution in [2.24, 2.45) is 17.8 Å². The van der Waals surface area contributed by atoms with Gasteiger partial charge in [-0.1, -0.05) is 68.7 Å². The first-order valence-electron chi connectivity index (χ1n) is 17.9. The second kappa shape index (κ2) is 14.1. The van der Waals surface area contributed by atoms with Crippen LogP contribution in [0.1, 0.15) is 70.9 Å². The zero-order valence-corrected chi connectivity index (χ0v) is 29.1. The first kappa shape index (κ1) is 34.9. The maximum atomic E-state index is 15.2. The lowest BCUT2D eigenvalue weighted by Gasteiger charge is -2.42. The second-order valence-electron chi connectivity index (χ2n) is 14.3. The molecule has 3 heterocycles.